The van der Waals surface area contributed by atoms with Gasteiger partial charge in [-0.15, -0.1) is 0 Å². The summed E-state index contributed by atoms with van der Waals surface area (Å²) in [7, 11) is -3.14. The van der Waals surface area contributed by atoms with Crippen molar-refractivity contribution in [2.45, 2.75) is 42.8 Å². The molecule has 1 heterocycles. The Morgan fingerprint density at radius 3 is 2.71 bits per heavy atom. The van der Waals surface area contributed by atoms with E-state index in [1.54, 1.807) is 31.2 Å². The number of nitrogens with two attached hydrogens (primary N) is 1. The summed E-state index contributed by atoms with van der Waals surface area (Å²) in [6.45, 7) is 2.45. The van der Waals surface area contributed by atoms with Crippen LogP contribution in [-0.2, 0) is 14.6 Å². The molecule has 3 N–H and O–H groups in total. The zero-order valence-electron chi connectivity index (χ0n) is 12.2. The summed E-state index contributed by atoms with van der Waals surface area (Å²) >= 11 is 0. The number of rotatable bonds is 4. The van der Waals surface area contributed by atoms with Gasteiger partial charge in [0.1, 0.15) is 0 Å². The number of hydrogen-bond acceptors (Lipinski definition) is 5. The first-order valence-electron chi connectivity index (χ1n) is 7.49. The molecule has 2 aliphatic rings. The van der Waals surface area contributed by atoms with Gasteiger partial charge in [-0.05, 0) is 37.1 Å². The summed E-state index contributed by atoms with van der Waals surface area (Å²) in [6, 6.07) is 7.10. The van der Waals surface area contributed by atoms with Crippen LogP contribution in [0.1, 0.15) is 19.8 Å². The average Bonchev–Trinajstić information content (AvgIpc) is 2.52. The molecule has 0 amide bonds. The Hall–Kier alpha value is -1.11. The van der Waals surface area contributed by atoms with E-state index in [9.17, 15) is 8.42 Å². The van der Waals surface area contributed by atoms with Gasteiger partial charge in [0.15, 0.2) is 9.84 Å². The molecule has 1 saturated heterocycles. The summed E-state index contributed by atoms with van der Waals surface area (Å²) in [6.07, 6.45) is 2.41. The molecule has 116 valence electrons. The predicted molar refractivity (Wildman–Crippen MR) is 82.0 cm³/mol. The minimum Gasteiger partial charge on any atom is -0.378 e. The molecular formula is C15H22N2O3S. The van der Waals surface area contributed by atoms with Crippen LogP contribution in [-0.4, -0.2) is 39.0 Å². The number of ether oxygens (including phenoxy) is 1. The topological polar surface area (TPSA) is 81.4 Å². The van der Waals surface area contributed by atoms with Crippen molar-refractivity contribution in [2.24, 2.45) is 11.7 Å². The first kappa shape index (κ1) is 14.8. The van der Waals surface area contributed by atoms with Crippen LogP contribution in [0.25, 0.3) is 0 Å². The lowest BCUT2D eigenvalue weighted by atomic mass is 9.68. The van der Waals surface area contributed by atoms with E-state index in [4.69, 9.17) is 10.5 Å². The third-order valence-electron chi connectivity index (χ3n) is 4.60. The molecule has 3 rings (SSSR count). The van der Waals surface area contributed by atoms with Gasteiger partial charge in [-0.25, -0.2) is 8.42 Å². The van der Waals surface area contributed by atoms with Crippen molar-refractivity contribution in [1.82, 2.24) is 0 Å². The van der Waals surface area contributed by atoms with Crippen molar-refractivity contribution in [1.29, 1.82) is 0 Å². The predicted octanol–water partition coefficient (Wildman–Crippen LogP) is 1.40. The number of fused-ring (bicyclic) bond motifs is 1. The maximum Gasteiger partial charge on any atom is 0.178 e. The zero-order chi connectivity index (χ0) is 15.0. The van der Waals surface area contributed by atoms with Crippen molar-refractivity contribution in [3.8, 4) is 0 Å². The van der Waals surface area contributed by atoms with Crippen molar-refractivity contribution in [3.63, 3.8) is 0 Å². The molecule has 1 aromatic carbocycles. The quantitative estimate of drug-likeness (QED) is 0.878. The van der Waals surface area contributed by atoms with Gasteiger partial charge in [0.25, 0.3) is 0 Å². The van der Waals surface area contributed by atoms with E-state index in [1.165, 1.54) is 0 Å². The van der Waals surface area contributed by atoms with E-state index in [2.05, 4.69) is 5.32 Å². The maximum atomic E-state index is 11.8. The maximum absolute atomic E-state index is 11.8. The van der Waals surface area contributed by atoms with E-state index < -0.39 is 9.84 Å². The molecule has 1 aliphatic heterocycles. The second-order valence-corrected chi connectivity index (χ2v) is 8.10. The Balaban J connectivity index is 1.69. The highest BCUT2D eigenvalue weighted by molar-refractivity contribution is 7.91. The minimum atomic E-state index is -3.14. The molecule has 2 fully saturated rings. The molecule has 6 heteroatoms. The molecule has 4 unspecified atom stereocenters. The van der Waals surface area contributed by atoms with Gasteiger partial charge < -0.3 is 15.8 Å². The highest BCUT2D eigenvalue weighted by Crippen LogP contribution is 2.38. The largest absolute Gasteiger partial charge is 0.378 e. The summed E-state index contributed by atoms with van der Waals surface area (Å²) in [5, 5.41) is 3.38. The van der Waals surface area contributed by atoms with E-state index in [1.807, 2.05) is 0 Å². The van der Waals surface area contributed by atoms with E-state index in [-0.39, 0.29) is 23.9 Å². The molecule has 21 heavy (non-hydrogen) atoms. The molecule has 1 aliphatic carbocycles. The van der Waals surface area contributed by atoms with Crippen LogP contribution in [0.15, 0.2) is 29.2 Å². The fourth-order valence-electron chi connectivity index (χ4n) is 3.24. The van der Waals surface area contributed by atoms with Crippen molar-refractivity contribution >= 4 is 15.5 Å². The lowest BCUT2D eigenvalue weighted by molar-refractivity contribution is -0.104. The van der Waals surface area contributed by atoms with Gasteiger partial charge in [-0.2, -0.15) is 0 Å². The van der Waals surface area contributed by atoms with Gasteiger partial charge >= 0.3 is 0 Å². The van der Waals surface area contributed by atoms with Crippen molar-refractivity contribution in [3.05, 3.63) is 24.3 Å². The number of sulfone groups is 1. The van der Waals surface area contributed by atoms with E-state index >= 15 is 0 Å². The number of nitrogens with one attached hydrogen (secondary N) is 1. The van der Waals surface area contributed by atoms with Gasteiger partial charge in [-0.1, -0.05) is 6.92 Å². The Morgan fingerprint density at radius 1 is 1.33 bits per heavy atom. The van der Waals surface area contributed by atoms with E-state index in [0.717, 1.165) is 25.1 Å². The lowest BCUT2D eigenvalue weighted by Gasteiger charge is -2.52. The summed E-state index contributed by atoms with van der Waals surface area (Å²) < 4.78 is 29.4. The first-order valence-corrected chi connectivity index (χ1v) is 9.14. The molecule has 4 atom stereocenters. The molecule has 0 spiro atoms. The molecule has 5 nitrogen and oxygen atoms in total. The third-order valence-corrected chi connectivity index (χ3v) is 6.35. The molecule has 0 radical (unpaired) electrons. The standard InChI is InChI=1S/C15H22N2O3S/c1-2-21(18,19)11-7-5-10(6-8-11)17-14-13(16)12-4-3-9-20-15(12)14/h5-8,12-15,17H,2-4,9,16H2,1H3. The van der Waals surface area contributed by atoms with Crippen LogP contribution in [0.2, 0.25) is 0 Å². The van der Waals surface area contributed by atoms with Gasteiger partial charge in [0.05, 0.1) is 22.8 Å². The SMILES string of the molecule is CCS(=O)(=O)c1ccc(NC2C(N)C3CCCOC32)cc1. The fraction of sp³-hybridized carbons (Fsp3) is 0.600. The highest BCUT2D eigenvalue weighted by Gasteiger charge is 2.50. The number of hydrogen-bond donors (Lipinski definition) is 2. The van der Waals surface area contributed by atoms with Gasteiger partial charge in [0, 0.05) is 24.3 Å². The molecule has 1 aromatic rings. The Bertz CT molecular complexity index is 600. The minimum absolute atomic E-state index is 0.106. The molecule has 0 aromatic heterocycles. The van der Waals surface area contributed by atoms with Crippen LogP contribution in [0.3, 0.4) is 0 Å². The Labute approximate surface area is 125 Å². The molecule has 1 saturated carbocycles. The third kappa shape index (κ3) is 2.67. The van der Waals surface area contributed by atoms with Crippen LogP contribution in [0.5, 0.6) is 0 Å². The Kier molecular flexibility index (Phi) is 3.94. The smallest absolute Gasteiger partial charge is 0.178 e. The van der Waals surface area contributed by atoms with Crippen LogP contribution < -0.4 is 11.1 Å². The van der Waals surface area contributed by atoms with Crippen molar-refractivity contribution < 1.29 is 13.2 Å². The normalized spacial score (nSPS) is 32.1. The average molecular weight is 310 g/mol. The Morgan fingerprint density at radius 2 is 2.05 bits per heavy atom. The highest BCUT2D eigenvalue weighted by atomic mass is 32.2. The second-order valence-electron chi connectivity index (χ2n) is 5.82. The first-order chi connectivity index (χ1) is 10.0. The summed E-state index contributed by atoms with van der Waals surface area (Å²) in [4.78, 5) is 0.361. The number of benzene rings is 1. The molecule has 0 bridgehead atoms. The molecular weight excluding hydrogens is 288 g/mol. The number of anilines is 1. The van der Waals surface area contributed by atoms with Crippen molar-refractivity contribution in [2.75, 3.05) is 17.7 Å². The van der Waals surface area contributed by atoms with Gasteiger partial charge in [0.2, 0.25) is 0 Å². The van der Waals surface area contributed by atoms with Gasteiger partial charge in [-0.3, -0.25) is 0 Å². The van der Waals surface area contributed by atoms with Crippen LogP contribution >= 0.6 is 0 Å². The van der Waals surface area contributed by atoms with E-state index in [0.29, 0.717) is 10.8 Å². The second kappa shape index (κ2) is 5.59. The zero-order valence-corrected chi connectivity index (χ0v) is 13.0. The monoisotopic (exact) mass is 310 g/mol. The van der Waals surface area contributed by atoms with Crippen LogP contribution in [0, 0.1) is 5.92 Å². The van der Waals surface area contributed by atoms with Crippen LogP contribution in [0.4, 0.5) is 5.69 Å². The summed E-state index contributed by atoms with van der Waals surface area (Å²) in [5.41, 5.74) is 7.09. The lowest BCUT2D eigenvalue weighted by Crippen LogP contribution is -2.69. The fourth-order valence-corrected chi connectivity index (χ4v) is 4.13. The summed E-state index contributed by atoms with van der Waals surface area (Å²) in [5.74, 6) is 0.571.